The number of ether oxygens (including phenoxy) is 2. The topological polar surface area (TPSA) is 95.6 Å². The molecule has 2 aromatic heterocycles. The molecule has 0 atom stereocenters. The Morgan fingerprint density at radius 1 is 1.03 bits per heavy atom. The molecule has 0 spiro atoms. The van der Waals surface area contributed by atoms with E-state index in [0.717, 1.165) is 28.1 Å². The third-order valence-corrected chi connectivity index (χ3v) is 6.64. The lowest BCUT2D eigenvalue weighted by Crippen LogP contribution is -2.24. The summed E-state index contributed by atoms with van der Waals surface area (Å²) < 4.78 is 14.3. The third kappa shape index (κ3) is 5.49. The number of amides is 1. The van der Waals surface area contributed by atoms with Gasteiger partial charge in [0.1, 0.15) is 17.5 Å². The van der Waals surface area contributed by atoms with Crippen LogP contribution < -0.4 is 14.9 Å². The highest BCUT2D eigenvalue weighted by Crippen LogP contribution is 2.29. The predicted molar refractivity (Wildman–Crippen MR) is 151 cm³/mol. The van der Waals surface area contributed by atoms with E-state index in [9.17, 15) is 4.79 Å². The molecule has 0 saturated carbocycles. The Morgan fingerprint density at radius 2 is 1.77 bits per heavy atom. The largest absolute Gasteiger partial charge is 0.493 e. The molecule has 0 aliphatic carbocycles. The van der Waals surface area contributed by atoms with Crippen LogP contribution in [0.3, 0.4) is 0 Å². The van der Waals surface area contributed by atoms with Crippen LogP contribution in [0.4, 0.5) is 0 Å². The molecule has 9 nitrogen and oxygen atoms in total. The summed E-state index contributed by atoms with van der Waals surface area (Å²) in [5.41, 5.74) is 7.41. The molecule has 3 aromatic carbocycles. The highest BCUT2D eigenvalue weighted by atomic mass is 35.5. The fourth-order valence-corrected chi connectivity index (χ4v) is 4.68. The SMILES string of the molecule is COc1ccc(Cc2nc3ccccc3n2CC(=O)N/N=C\c2c(C)nn(-c3ccccc3)c2Cl)cc1OC. The maximum atomic E-state index is 13.0. The normalized spacial score (nSPS) is 11.3. The number of nitrogens with zero attached hydrogens (tertiary/aromatic N) is 5. The van der Waals surface area contributed by atoms with Crippen molar-refractivity contribution in [2.45, 2.75) is 19.9 Å². The summed E-state index contributed by atoms with van der Waals surface area (Å²) in [4.78, 5) is 17.8. The molecule has 5 aromatic rings. The number of rotatable bonds is 9. The Labute approximate surface area is 230 Å². The third-order valence-electron chi connectivity index (χ3n) is 6.28. The first-order chi connectivity index (χ1) is 19.0. The molecule has 0 unspecified atom stereocenters. The van der Waals surface area contributed by atoms with E-state index in [1.165, 1.54) is 6.21 Å². The van der Waals surface area contributed by atoms with Gasteiger partial charge in [-0.25, -0.2) is 15.1 Å². The standard InChI is InChI=1S/C29H27ClN6O3/c1-19-22(29(30)36(34-19)21-9-5-4-6-10-21)17-31-33-28(37)18-35-24-12-8-7-11-23(24)32-27(35)16-20-13-14-25(38-2)26(15-20)39-3/h4-15,17H,16,18H2,1-3H3,(H,33,37)/b31-17-. The molecule has 10 heteroatoms. The Balaban J connectivity index is 1.35. The van der Waals surface area contributed by atoms with E-state index in [4.69, 9.17) is 26.1 Å². The van der Waals surface area contributed by atoms with Gasteiger partial charge in [-0.1, -0.05) is 48.0 Å². The Kier molecular flexibility index (Phi) is 7.60. The number of methoxy groups -OCH3 is 2. The van der Waals surface area contributed by atoms with Gasteiger partial charge in [-0.2, -0.15) is 10.2 Å². The monoisotopic (exact) mass is 542 g/mol. The smallest absolute Gasteiger partial charge is 0.260 e. The van der Waals surface area contributed by atoms with Crippen molar-refractivity contribution in [1.82, 2.24) is 24.8 Å². The van der Waals surface area contributed by atoms with Crippen molar-refractivity contribution in [2.75, 3.05) is 14.2 Å². The minimum atomic E-state index is -0.299. The first-order valence-corrected chi connectivity index (χ1v) is 12.6. The van der Waals surface area contributed by atoms with Crippen LogP contribution in [0.2, 0.25) is 5.15 Å². The van der Waals surface area contributed by atoms with E-state index in [2.05, 4.69) is 15.6 Å². The van der Waals surface area contributed by atoms with Gasteiger partial charge in [0.15, 0.2) is 11.5 Å². The molecule has 0 bridgehead atoms. The van der Waals surface area contributed by atoms with Crippen molar-refractivity contribution in [1.29, 1.82) is 0 Å². The van der Waals surface area contributed by atoms with Gasteiger partial charge in [0.05, 0.1) is 48.4 Å². The van der Waals surface area contributed by atoms with Crippen molar-refractivity contribution >= 4 is 34.8 Å². The van der Waals surface area contributed by atoms with Crippen LogP contribution in [0.25, 0.3) is 16.7 Å². The average Bonchev–Trinajstić information content (AvgIpc) is 3.44. The van der Waals surface area contributed by atoms with Crippen LogP contribution in [0.1, 0.15) is 22.6 Å². The van der Waals surface area contributed by atoms with Crippen LogP contribution in [0.5, 0.6) is 11.5 Å². The van der Waals surface area contributed by atoms with Crippen molar-refractivity contribution in [2.24, 2.45) is 5.10 Å². The first kappa shape index (κ1) is 26.0. The van der Waals surface area contributed by atoms with E-state index >= 15 is 0 Å². The summed E-state index contributed by atoms with van der Waals surface area (Å²) >= 11 is 6.57. The lowest BCUT2D eigenvalue weighted by molar-refractivity contribution is -0.121. The highest BCUT2D eigenvalue weighted by Gasteiger charge is 2.16. The van der Waals surface area contributed by atoms with E-state index in [0.29, 0.717) is 34.3 Å². The van der Waals surface area contributed by atoms with Gasteiger partial charge >= 0.3 is 0 Å². The molecule has 0 aliphatic rings. The Morgan fingerprint density at radius 3 is 2.54 bits per heavy atom. The van der Waals surface area contributed by atoms with Crippen molar-refractivity contribution < 1.29 is 14.3 Å². The van der Waals surface area contributed by atoms with Gasteiger partial charge in [0.2, 0.25) is 0 Å². The summed E-state index contributed by atoms with van der Waals surface area (Å²) in [7, 11) is 3.20. The zero-order valence-electron chi connectivity index (χ0n) is 21.8. The van der Waals surface area contributed by atoms with Crippen LogP contribution in [0, 0.1) is 6.92 Å². The quantitative estimate of drug-likeness (QED) is 0.210. The lowest BCUT2D eigenvalue weighted by atomic mass is 10.1. The lowest BCUT2D eigenvalue weighted by Gasteiger charge is -2.11. The number of para-hydroxylation sites is 3. The number of aromatic nitrogens is 4. The van der Waals surface area contributed by atoms with Gasteiger partial charge in [-0.15, -0.1) is 0 Å². The zero-order chi connectivity index (χ0) is 27.4. The summed E-state index contributed by atoms with van der Waals surface area (Å²) in [6.07, 6.45) is 2.01. The molecule has 2 heterocycles. The molecular weight excluding hydrogens is 516 g/mol. The van der Waals surface area contributed by atoms with Gasteiger partial charge < -0.3 is 14.0 Å². The molecule has 0 aliphatic heterocycles. The molecule has 198 valence electrons. The molecule has 5 rings (SSSR count). The van der Waals surface area contributed by atoms with Crippen molar-refractivity contribution in [3.63, 3.8) is 0 Å². The fraction of sp³-hybridized carbons (Fsp3) is 0.172. The summed E-state index contributed by atoms with van der Waals surface area (Å²) in [6.45, 7) is 1.88. The summed E-state index contributed by atoms with van der Waals surface area (Å²) in [6, 6.07) is 23.0. The number of imidazole rings is 1. The first-order valence-electron chi connectivity index (χ1n) is 12.3. The van der Waals surface area contributed by atoms with Crippen molar-refractivity contribution in [3.05, 3.63) is 101 Å². The van der Waals surface area contributed by atoms with Gasteiger partial charge in [-0.05, 0) is 48.9 Å². The van der Waals surface area contributed by atoms with Crippen LogP contribution in [-0.2, 0) is 17.8 Å². The number of nitrogens with one attached hydrogen (secondary N) is 1. The maximum Gasteiger partial charge on any atom is 0.260 e. The zero-order valence-corrected chi connectivity index (χ0v) is 22.5. The van der Waals surface area contributed by atoms with Crippen LogP contribution in [0.15, 0.2) is 77.9 Å². The molecule has 0 saturated heterocycles. The predicted octanol–water partition coefficient (Wildman–Crippen LogP) is 4.94. The summed E-state index contributed by atoms with van der Waals surface area (Å²) in [5, 5.41) is 9.07. The maximum absolute atomic E-state index is 13.0. The molecule has 0 radical (unpaired) electrons. The molecule has 39 heavy (non-hydrogen) atoms. The molecule has 1 N–H and O–H groups in total. The second-order valence-electron chi connectivity index (χ2n) is 8.80. The van der Waals surface area contributed by atoms with Crippen LogP contribution >= 0.6 is 11.6 Å². The van der Waals surface area contributed by atoms with Crippen molar-refractivity contribution in [3.8, 4) is 17.2 Å². The fourth-order valence-electron chi connectivity index (χ4n) is 4.36. The highest BCUT2D eigenvalue weighted by molar-refractivity contribution is 6.32. The number of fused-ring (bicyclic) bond motifs is 1. The number of carbonyl (C=O) groups is 1. The van der Waals surface area contributed by atoms with Gasteiger partial charge in [-0.3, -0.25) is 4.79 Å². The number of hydrazone groups is 1. The number of hydrogen-bond acceptors (Lipinski definition) is 6. The number of halogens is 1. The van der Waals surface area contributed by atoms with E-state index in [1.54, 1.807) is 18.9 Å². The number of benzene rings is 3. The Hall–Kier alpha value is -4.63. The Bertz CT molecular complexity index is 1660. The minimum absolute atomic E-state index is 0.0382. The van der Waals surface area contributed by atoms with E-state index in [-0.39, 0.29) is 12.5 Å². The molecular formula is C29H27ClN6O3. The van der Waals surface area contributed by atoms with E-state index < -0.39 is 0 Å². The molecule has 0 fully saturated rings. The van der Waals surface area contributed by atoms with Crippen LogP contribution in [-0.4, -0.2) is 45.7 Å². The van der Waals surface area contributed by atoms with Gasteiger partial charge in [0.25, 0.3) is 5.91 Å². The average molecular weight is 543 g/mol. The molecule has 1 amide bonds. The number of aryl methyl sites for hydroxylation is 1. The minimum Gasteiger partial charge on any atom is -0.493 e. The van der Waals surface area contributed by atoms with E-state index in [1.807, 2.05) is 84.3 Å². The summed E-state index contributed by atoms with van der Waals surface area (Å²) in [5.74, 6) is 1.73. The van der Waals surface area contributed by atoms with Gasteiger partial charge in [0, 0.05) is 6.42 Å². The second kappa shape index (κ2) is 11.4. The number of carbonyl (C=O) groups excluding carboxylic acids is 1. The second-order valence-corrected chi connectivity index (χ2v) is 9.16. The number of hydrogen-bond donors (Lipinski definition) is 1.